The Morgan fingerprint density at radius 3 is 2.81 bits per heavy atom. The zero-order chi connectivity index (χ0) is 11.8. The van der Waals surface area contributed by atoms with Crippen LogP contribution in [0.5, 0.6) is 0 Å². The topological polar surface area (TPSA) is 52.9 Å². The number of allylic oxidation sites excluding steroid dienone is 3. The molecule has 3 heteroatoms. The van der Waals surface area contributed by atoms with E-state index in [1.807, 2.05) is 19.1 Å². The fraction of sp³-hybridized carbons (Fsp3) is 0.0769. The molecule has 3 nitrogen and oxygen atoms in total. The second kappa shape index (κ2) is 6.20. The first kappa shape index (κ1) is 11.7. The minimum absolute atomic E-state index is 0.249. The molecule has 1 rings (SSSR count). The molecule has 0 saturated heterocycles. The number of nitrogens with one attached hydrogen (secondary N) is 1. The van der Waals surface area contributed by atoms with Crippen LogP contribution in [-0.2, 0) is 4.79 Å². The summed E-state index contributed by atoms with van der Waals surface area (Å²) in [6.07, 6.45) is 6.64. The van der Waals surface area contributed by atoms with E-state index in [0.717, 1.165) is 0 Å². The molecule has 80 valence electrons. The van der Waals surface area contributed by atoms with Gasteiger partial charge in [-0.15, -0.1) is 0 Å². The van der Waals surface area contributed by atoms with Gasteiger partial charge in [-0.25, -0.2) is 0 Å². The molecule has 0 spiro atoms. The molecule has 0 aliphatic heterocycles. The molecular formula is C13H12N2O. The second-order valence-corrected chi connectivity index (χ2v) is 3.03. The quantitative estimate of drug-likeness (QED) is 0.618. The molecule has 0 radical (unpaired) electrons. The van der Waals surface area contributed by atoms with Crippen molar-refractivity contribution in [2.24, 2.45) is 0 Å². The number of benzene rings is 1. The van der Waals surface area contributed by atoms with E-state index in [2.05, 4.69) is 5.32 Å². The molecule has 0 aliphatic carbocycles. The molecular weight excluding hydrogens is 200 g/mol. The summed E-state index contributed by atoms with van der Waals surface area (Å²) in [5.74, 6) is -0.249. The van der Waals surface area contributed by atoms with Crippen LogP contribution in [0.4, 0.5) is 5.69 Å². The van der Waals surface area contributed by atoms with Crippen molar-refractivity contribution in [1.29, 1.82) is 5.26 Å². The molecule has 0 fully saturated rings. The Labute approximate surface area is 94.7 Å². The van der Waals surface area contributed by atoms with E-state index in [9.17, 15) is 4.79 Å². The molecule has 0 aromatic heterocycles. The maximum Gasteiger partial charge on any atom is 0.248 e. The smallest absolute Gasteiger partial charge is 0.248 e. The summed E-state index contributed by atoms with van der Waals surface area (Å²) in [5, 5.41) is 11.5. The summed E-state index contributed by atoms with van der Waals surface area (Å²) in [5.41, 5.74) is 0.982. The zero-order valence-corrected chi connectivity index (χ0v) is 8.97. The normalized spacial score (nSPS) is 10.5. The van der Waals surface area contributed by atoms with Gasteiger partial charge in [-0.3, -0.25) is 4.79 Å². The Hall–Kier alpha value is -2.34. The maximum atomic E-state index is 11.4. The lowest BCUT2D eigenvalue weighted by atomic mass is 10.2. The van der Waals surface area contributed by atoms with Crippen molar-refractivity contribution >= 4 is 11.6 Å². The molecule has 0 aliphatic rings. The number of amides is 1. The maximum absolute atomic E-state index is 11.4. The lowest BCUT2D eigenvalue weighted by Crippen LogP contribution is -2.08. The third-order valence-electron chi connectivity index (χ3n) is 1.86. The van der Waals surface area contributed by atoms with Crippen molar-refractivity contribution in [3.05, 3.63) is 54.1 Å². The largest absolute Gasteiger partial charge is 0.321 e. The number of hydrogen-bond acceptors (Lipinski definition) is 2. The molecule has 16 heavy (non-hydrogen) atoms. The van der Waals surface area contributed by atoms with Gasteiger partial charge in [0.1, 0.15) is 6.07 Å². The fourth-order valence-electron chi connectivity index (χ4n) is 1.12. The first-order valence-electron chi connectivity index (χ1n) is 4.87. The third-order valence-corrected chi connectivity index (χ3v) is 1.86. The van der Waals surface area contributed by atoms with Crippen LogP contribution in [-0.4, -0.2) is 5.91 Å². The highest BCUT2D eigenvalue weighted by atomic mass is 16.1. The van der Waals surface area contributed by atoms with Crippen LogP contribution in [0.1, 0.15) is 12.5 Å². The summed E-state index contributed by atoms with van der Waals surface area (Å²) in [6.45, 7) is 1.87. The summed E-state index contributed by atoms with van der Waals surface area (Å²) in [6, 6.07) is 8.89. The summed E-state index contributed by atoms with van der Waals surface area (Å²) >= 11 is 0. The van der Waals surface area contributed by atoms with Crippen molar-refractivity contribution in [1.82, 2.24) is 0 Å². The van der Waals surface area contributed by atoms with E-state index >= 15 is 0 Å². The van der Waals surface area contributed by atoms with Gasteiger partial charge in [0.2, 0.25) is 5.91 Å². The van der Waals surface area contributed by atoms with Crippen molar-refractivity contribution in [2.45, 2.75) is 6.92 Å². The van der Waals surface area contributed by atoms with Crippen molar-refractivity contribution in [3.63, 3.8) is 0 Å². The lowest BCUT2D eigenvalue weighted by Gasteiger charge is -2.03. The van der Waals surface area contributed by atoms with Gasteiger partial charge in [-0.05, 0) is 19.1 Å². The van der Waals surface area contributed by atoms with Gasteiger partial charge in [0.25, 0.3) is 0 Å². The van der Waals surface area contributed by atoms with Gasteiger partial charge in [-0.1, -0.05) is 30.4 Å². The van der Waals surface area contributed by atoms with Crippen molar-refractivity contribution < 1.29 is 4.79 Å². The predicted molar refractivity (Wildman–Crippen MR) is 63.7 cm³/mol. The van der Waals surface area contributed by atoms with E-state index in [0.29, 0.717) is 11.3 Å². The molecule has 0 atom stereocenters. The van der Waals surface area contributed by atoms with Gasteiger partial charge in [0.05, 0.1) is 11.3 Å². The van der Waals surface area contributed by atoms with E-state index < -0.39 is 0 Å². The molecule has 1 N–H and O–H groups in total. The molecule has 0 saturated carbocycles. The highest BCUT2D eigenvalue weighted by Crippen LogP contribution is 2.13. The van der Waals surface area contributed by atoms with Gasteiger partial charge < -0.3 is 5.32 Å². The van der Waals surface area contributed by atoms with Gasteiger partial charge >= 0.3 is 0 Å². The number of nitrogens with zero attached hydrogens (tertiary/aromatic N) is 1. The van der Waals surface area contributed by atoms with Crippen molar-refractivity contribution in [3.8, 4) is 6.07 Å². The van der Waals surface area contributed by atoms with Crippen LogP contribution >= 0.6 is 0 Å². The van der Waals surface area contributed by atoms with Gasteiger partial charge in [-0.2, -0.15) is 5.26 Å². The summed E-state index contributed by atoms with van der Waals surface area (Å²) in [7, 11) is 0. The Balaban J connectivity index is 2.74. The molecule has 1 aromatic carbocycles. The highest BCUT2D eigenvalue weighted by Gasteiger charge is 2.02. The van der Waals surface area contributed by atoms with E-state index in [4.69, 9.17) is 5.26 Å². The SMILES string of the molecule is C/C=C/C=C/C(=O)Nc1ccccc1C#N. The van der Waals surface area contributed by atoms with Crippen LogP contribution in [0.2, 0.25) is 0 Å². The molecule has 1 amide bonds. The standard InChI is InChI=1S/C13H12N2O/c1-2-3-4-9-13(16)15-12-8-6-5-7-11(12)10-14/h2-9H,1H3,(H,15,16)/b3-2+,9-4+. The monoisotopic (exact) mass is 212 g/mol. The molecule has 0 bridgehead atoms. The van der Waals surface area contributed by atoms with Gasteiger partial charge in [0, 0.05) is 6.08 Å². The average molecular weight is 212 g/mol. The Bertz CT molecular complexity index is 467. The fourth-order valence-corrected chi connectivity index (χ4v) is 1.12. The highest BCUT2D eigenvalue weighted by molar-refractivity contribution is 6.00. The minimum Gasteiger partial charge on any atom is -0.321 e. The number of para-hydroxylation sites is 1. The zero-order valence-electron chi connectivity index (χ0n) is 8.97. The molecule has 0 heterocycles. The summed E-state index contributed by atoms with van der Waals surface area (Å²) in [4.78, 5) is 11.4. The lowest BCUT2D eigenvalue weighted by molar-refractivity contribution is -0.111. The van der Waals surface area contributed by atoms with Gasteiger partial charge in [0.15, 0.2) is 0 Å². The third kappa shape index (κ3) is 3.43. The van der Waals surface area contributed by atoms with Crippen LogP contribution in [0, 0.1) is 11.3 Å². The second-order valence-electron chi connectivity index (χ2n) is 3.03. The van der Waals surface area contributed by atoms with Crippen LogP contribution < -0.4 is 5.32 Å². The predicted octanol–water partition coefficient (Wildman–Crippen LogP) is 2.63. The number of carbonyl (C=O) groups is 1. The Kier molecular flexibility index (Phi) is 4.55. The first-order valence-corrected chi connectivity index (χ1v) is 4.87. The Morgan fingerprint density at radius 2 is 2.12 bits per heavy atom. The summed E-state index contributed by atoms with van der Waals surface area (Å²) < 4.78 is 0. The number of anilines is 1. The Morgan fingerprint density at radius 1 is 1.38 bits per heavy atom. The van der Waals surface area contributed by atoms with Crippen LogP contribution in [0.15, 0.2) is 48.6 Å². The number of hydrogen-bond donors (Lipinski definition) is 1. The molecule has 1 aromatic rings. The molecule has 0 unspecified atom stereocenters. The van der Waals surface area contributed by atoms with Crippen LogP contribution in [0.3, 0.4) is 0 Å². The van der Waals surface area contributed by atoms with E-state index in [1.165, 1.54) is 6.08 Å². The van der Waals surface area contributed by atoms with Crippen molar-refractivity contribution in [2.75, 3.05) is 5.32 Å². The van der Waals surface area contributed by atoms with E-state index in [1.54, 1.807) is 36.4 Å². The van der Waals surface area contributed by atoms with Crippen LogP contribution in [0.25, 0.3) is 0 Å². The van der Waals surface area contributed by atoms with E-state index in [-0.39, 0.29) is 5.91 Å². The number of rotatable bonds is 3. The average Bonchev–Trinajstić information content (AvgIpc) is 2.30. The number of nitriles is 1. The first-order chi connectivity index (χ1) is 7.77. The minimum atomic E-state index is -0.249. The number of carbonyl (C=O) groups excluding carboxylic acids is 1.